The van der Waals surface area contributed by atoms with Gasteiger partial charge in [0.25, 0.3) is 0 Å². The van der Waals surface area contributed by atoms with E-state index in [0.717, 1.165) is 0 Å². The molecule has 14 heteroatoms. The Hall–Kier alpha value is -4.25. The van der Waals surface area contributed by atoms with Crippen LogP contribution >= 0.6 is 11.6 Å². The molecule has 2 N–H and O–H groups in total. The van der Waals surface area contributed by atoms with Crippen molar-refractivity contribution in [1.82, 2.24) is 4.98 Å². The molecule has 2 heterocycles. The van der Waals surface area contributed by atoms with Crippen molar-refractivity contribution in [2.24, 2.45) is 0 Å². The monoisotopic (exact) mass is 698 g/mol. The molecule has 2 unspecified atom stereocenters. The Labute approximate surface area is 279 Å². The van der Waals surface area contributed by atoms with Gasteiger partial charge in [0, 0.05) is 35.5 Å². The number of carbonyl (C=O) groups is 1. The first kappa shape index (κ1) is 34.1. The summed E-state index contributed by atoms with van der Waals surface area (Å²) >= 11 is 6.51. The van der Waals surface area contributed by atoms with E-state index in [2.05, 4.69) is 21.7 Å². The number of halogens is 2. The number of nitrogens with one attached hydrogen (secondary N) is 2. The van der Waals surface area contributed by atoms with Gasteiger partial charge in [-0.1, -0.05) is 30.2 Å². The van der Waals surface area contributed by atoms with Crippen molar-refractivity contribution in [2.45, 2.75) is 50.9 Å². The smallest absolute Gasteiger partial charge is 0.232 e. The number of nitrogens with zero attached hydrogens (tertiary/aromatic N) is 2. The topological polar surface area (TPSA) is 147 Å². The van der Waals surface area contributed by atoms with Crippen LogP contribution in [-0.2, 0) is 30.1 Å². The zero-order valence-electron chi connectivity index (χ0n) is 25.4. The minimum atomic E-state index is -3.60. The lowest BCUT2D eigenvalue weighted by Gasteiger charge is -2.17. The summed E-state index contributed by atoms with van der Waals surface area (Å²) in [6, 6.07) is 16.6. The van der Waals surface area contributed by atoms with Crippen LogP contribution in [0.5, 0.6) is 11.5 Å². The van der Waals surface area contributed by atoms with Gasteiger partial charge in [-0.15, -0.1) is 0 Å². The van der Waals surface area contributed by atoms with Crippen molar-refractivity contribution in [3.8, 4) is 17.6 Å². The summed E-state index contributed by atoms with van der Waals surface area (Å²) in [7, 11) is -5.43. The lowest BCUT2D eigenvalue weighted by molar-refractivity contribution is -0.116. The predicted octanol–water partition coefficient (Wildman–Crippen LogP) is 6.97. The van der Waals surface area contributed by atoms with E-state index in [0.29, 0.717) is 82.3 Å². The van der Waals surface area contributed by atoms with E-state index in [1.54, 1.807) is 42.5 Å². The summed E-state index contributed by atoms with van der Waals surface area (Å²) < 4.78 is 61.0. The van der Waals surface area contributed by atoms with Gasteiger partial charge in [-0.05, 0) is 68.1 Å². The van der Waals surface area contributed by atoms with E-state index in [-0.39, 0.29) is 36.1 Å². The Bertz CT molecular complexity index is 1990. The number of aromatic nitrogens is 1. The summed E-state index contributed by atoms with van der Waals surface area (Å²) in [5.74, 6) is 0.314. The minimum absolute atomic E-state index is 0.124. The van der Waals surface area contributed by atoms with Crippen LogP contribution in [0.15, 0.2) is 60.8 Å². The Kier molecular flexibility index (Phi) is 11.0. The Balaban J connectivity index is 1.32. The normalized spacial score (nSPS) is 16.8. The number of hydrogen-bond donors (Lipinski definition) is 2. The van der Waals surface area contributed by atoms with Gasteiger partial charge >= 0.3 is 0 Å². The fourth-order valence-corrected chi connectivity index (χ4v) is 9.97. The fourth-order valence-electron chi connectivity index (χ4n) is 5.24. The van der Waals surface area contributed by atoms with Crippen LogP contribution < -0.4 is 20.1 Å². The number of ether oxygens (including phenoxy) is 2. The summed E-state index contributed by atoms with van der Waals surface area (Å²) in [5.41, 5.74) is 2.81. The number of hydrogen-bond acceptors (Lipinski definition) is 9. The summed E-state index contributed by atoms with van der Waals surface area (Å²) in [6.45, 7) is 2.27. The third-order valence-electron chi connectivity index (χ3n) is 7.60. The number of pyridine rings is 1. The number of benzene rings is 3. The number of amides is 1. The highest BCUT2D eigenvalue weighted by atomic mass is 35.5. The molecule has 0 bridgehead atoms. The third kappa shape index (κ3) is 8.19. The summed E-state index contributed by atoms with van der Waals surface area (Å²) in [6.07, 6.45) is 3.29. The Morgan fingerprint density at radius 1 is 1.15 bits per heavy atom. The predicted molar refractivity (Wildman–Crippen MR) is 181 cm³/mol. The molecule has 0 spiro atoms. The second-order valence-electron chi connectivity index (χ2n) is 10.9. The molecular formula is C33H32ClFN4O6S2. The van der Waals surface area contributed by atoms with Crippen LogP contribution in [-0.4, -0.2) is 41.1 Å². The molecule has 47 heavy (non-hydrogen) atoms. The highest BCUT2D eigenvalue weighted by Crippen LogP contribution is 2.37. The molecule has 1 aromatic heterocycles. The summed E-state index contributed by atoms with van der Waals surface area (Å²) in [5, 5.41) is 16.3. The molecule has 2 atom stereocenters. The molecule has 10 nitrogen and oxygen atoms in total. The molecular weight excluding hydrogens is 667 g/mol. The highest BCUT2D eigenvalue weighted by Gasteiger charge is 2.37. The largest absolute Gasteiger partial charge is 0.492 e. The van der Waals surface area contributed by atoms with Gasteiger partial charge in [0.1, 0.15) is 39.8 Å². The second kappa shape index (κ2) is 15.1. The van der Waals surface area contributed by atoms with Crippen LogP contribution in [0.4, 0.5) is 21.5 Å². The van der Waals surface area contributed by atoms with Crippen molar-refractivity contribution in [1.29, 1.82) is 5.26 Å². The number of carbonyl (C=O) groups excluding carboxylic acids is 1. The van der Waals surface area contributed by atoms with Crippen LogP contribution in [0.3, 0.4) is 0 Å². The first-order chi connectivity index (χ1) is 22.6. The van der Waals surface area contributed by atoms with Crippen LogP contribution in [0.25, 0.3) is 10.9 Å². The number of anilines is 3. The molecule has 246 valence electrons. The maximum absolute atomic E-state index is 13.5. The van der Waals surface area contributed by atoms with Gasteiger partial charge in [-0.25, -0.2) is 17.0 Å². The SMILES string of the molecule is CCOc1cc2ncc(C#N)c(Nc3ccc(OCc4cccc(F)c4)c(Cl)c3)c2cc1NC(=O)CCCCC1CCS(=O)S1(=O)=O. The first-order valence-corrected chi connectivity index (χ1v) is 18.7. The quantitative estimate of drug-likeness (QED) is 0.112. The Morgan fingerprint density at radius 3 is 2.68 bits per heavy atom. The zero-order chi connectivity index (χ0) is 33.6. The van der Waals surface area contributed by atoms with Crippen molar-refractivity contribution >= 4 is 64.2 Å². The van der Waals surface area contributed by atoms with Crippen molar-refractivity contribution in [3.05, 3.63) is 82.8 Å². The third-order valence-corrected chi connectivity index (χ3v) is 13.1. The van der Waals surface area contributed by atoms with E-state index >= 15 is 0 Å². The summed E-state index contributed by atoms with van der Waals surface area (Å²) in [4.78, 5) is 17.4. The lowest BCUT2D eigenvalue weighted by atomic mass is 10.1. The van der Waals surface area contributed by atoms with Gasteiger partial charge in [-0.3, -0.25) is 9.78 Å². The van der Waals surface area contributed by atoms with Gasteiger partial charge in [0.05, 0.1) is 39.3 Å². The number of rotatable bonds is 13. The van der Waals surface area contributed by atoms with Crippen LogP contribution in [0, 0.1) is 17.1 Å². The molecule has 4 aromatic rings. The van der Waals surface area contributed by atoms with E-state index in [1.165, 1.54) is 18.3 Å². The van der Waals surface area contributed by atoms with E-state index in [9.17, 15) is 27.1 Å². The molecule has 1 aliphatic heterocycles. The van der Waals surface area contributed by atoms with Gasteiger partial charge in [0.15, 0.2) is 0 Å². The van der Waals surface area contributed by atoms with Crippen LogP contribution in [0.2, 0.25) is 5.02 Å². The molecule has 1 amide bonds. The van der Waals surface area contributed by atoms with Gasteiger partial charge in [0.2, 0.25) is 14.8 Å². The number of unbranched alkanes of at least 4 members (excludes halogenated alkanes) is 1. The first-order valence-electron chi connectivity index (χ1n) is 14.9. The fraction of sp³-hybridized carbons (Fsp3) is 0.303. The van der Waals surface area contributed by atoms with Crippen molar-refractivity contribution in [2.75, 3.05) is 23.0 Å². The average Bonchev–Trinajstić information content (AvgIpc) is 3.30. The molecule has 5 rings (SSSR count). The van der Waals surface area contributed by atoms with Crippen molar-refractivity contribution < 1.29 is 31.3 Å². The molecule has 1 saturated heterocycles. The maximum Gasteiger partial charge on any atom is 0.232 e. The molecule has 0 saturated carbocycles. The van der Waals surface area contributed by atoms with Crippen molar-refractivity contribution in [3.63, 3.8) is 0 Å². The number of nitriles is 1. The van der Waals surface area contributed by atoms with E-state index in [1.807, 2.05) is 6.92 Å². The van der Waals surface area contributed by atoms with E-state index < -0.39 is 24.0 Å². The Morgan fingerprint density at radius 2 is 1.98 bits per heavy atom. The van der Waals surface area contributed by atoms with Gasteiger partial charge in [-0.2, -0.15) is 5.26 Å². The average molecular weight is 699 g/mol. The minimum Gasteiger partial charge on any atom is -0.492 e. The zero-order valence-corrected chi connectivity index (χ0v) is 27.8. The molecule has 0 aliphatic carbocycles. The molecule has 1 aliphatic rings. The lowest BCUT2D eigenvalue weighted by Crippen LogP contribution is -2.17. The van der Waals surface area contributed by atoms with Gasteiger partial charge < -0.3 is 20.1 Å². The number of fused-ring (bicyclic) bond motifs is 1. The molecule has 0 radical (unpaired) electrons. The van der Waals surface area contributed by atoms with Crippen LogP contribution in [0.1, 0.15) is 50.2 Å². The second-order valence-corrected chi connectivity index (χ2v) is 16.4. The van der Waals surface area contributed by atoms with E-state index in [4.69, 9.17) is 21.1 Å². The maximum atomic E-state index is 13.5. The standard InChI is InChI=1S/C33H32ClFN4O6S2/c1-2-44-31-17-28-26(16-29(31)39-32(40)9-4-3-8-25-12-13-46(41)47(25,42)43)33(22(18-36)19-37-28)38-24-10-11-30(27(34)15-24)45-20-21-6-5-7-23(35)14-21/h5-7,10-11,14-17,19,25H,2-4,8-9,12-13,20H2,1H3,(H,37,38)(H,39,40). The molecule has 1 fully saturated rings. The molecule has 3 aromatic carbocycles. The highest BCUT2D eigenvalue weighted by molar-refractivity contribution is 8.64.